The fraction of sp³-hybridized carbons (Fsp3) is 0.471. The van der Waals surface area contributed by atoms with E-state index >= 15 is 0 Å². The second-order valence-electron chi connectivity index (χ2n) is 7.12. The highest BCUT2D eigenvalue weighted by molar-refractivity contribution is 5.94. The number of nitrogens with zero attached hydrogens (tertiary/aromatic N) is 6. The molecule has 142 valence electrons. The lowest BCUT2D eigenvalue weighted by molar-refractivity contribution is -0.389. The molecule has 0 radical (unpaired) electrons. The lowest BCUT2D eigenvalue weighted by atomic mass is 10.1. The van der Waals surface area contributed by atoms with Crippen molar-refractivity contribution in [3.05, 3.63) is 46.4 Å². The van der Waals surface area contributed by atoms with Crippen LogP contribution in [0.15, 0.2) is 30.7 Å². The van der Waals surface area contributed by atoms with Crippen molar-refractivity contribution < 1.29 is 14.5 Å². The molecule has 0 aromatic carbocycles. The van der Waals surface area contributed by atoms with E-state index in [1.165, 1.54) is 6.20 Å². The minimum absolute atomic E-state index is 0.0211. The summed E-state index contributed by atoms with van der Waals surface area (Å²) in [6, 6.07) is 3.74. The first-order valence-corrected chi connectivity index (χ1v) is 8.76. The van der Waals surface area contributed by atoms with Crippen molar-refractivity contribution in [2.45, 2.75) is 19.1 Å². The first kappa shape index (κ1) is 17.4. The fourth-order valence-electron chi connectivity index (χ4n) is 3.62. The average Bonchev–Trinajstić information content (AvgIpc) is 3.17. The number of nitro groups is 1. The predicted molar refractivity (Wildman–Crippen MR) is 94.5 cm³/mol. The van der Waals surface area contributed by atoms with Crippen LogP contribution in [0.25, 0.3) is 0 Å². The molecule has 4 rings (SSSR count). The van der Waals surface area contributed by atoms with Crippen LogP contribution in [0.2, 0.25) is 0 Å². The number of ether oxygens (including phenoxy) is 1. The number of hydrogen-bond donors (Lipinski definition) is 0. The zero-order valence-corrected chi connectivity index (χ0v) is 14.9. The number of carbonyl (C=O) groups is 1. The maximum absolute atomic E-state index is 12.5. The highest BCUT2D eigenvalue weighted by Gasteiger charge is 2.42. The van der Waals surface area contributed by atoms with Crippen molar-refractivity contribution in [3.8, 4) is 6.01 Å². The second-order valence-corrected chi connectivity index (χ2v) is 7.12. The number of rotatable bonds is 4. The smallest absolute Gasteiger partial charge is 0.415 e. The van der Waals surface area contributed by atoms with E-state index in [1.807, 2.05) is 11.8 Å². The molecule has 2 aliphatic rings. The molecular formula is C17H20N6O4. The van der Waals surface area contributed by atoms with Crippen LogP contribution >= 0.6 is 0 Å². The standard InChI is InChI=1S/C17H20N6O4/c1-17(12-22-10-14(23(25)26)19-16(22)27-17)11-20-6-8-21(9-7-20)15(24)13-2-4-18-5-3-13/h2-5,10H,6-9,11-12H2,1H3. The Morgan fingerprint density at radius 1 is 1.30 bits per heavy atom. The molecule has 1 fully saturated rings. The Balaban J connectivity index is 1.32. The number of fused-ring (bicyclic) bond motifs is 1. The summed E-state index contributed by atoms with van der Waals surface area (Å²) in [6.45, 7) is 5.94. The number of amides is 1. The number of pyridine rings is 1. The number of carbonyl (C=O) groups excluding carboxylic acids is 1. The van der Waals surface area contributed by atoms with Gasteiger partial charge < -0.3 is 19.8 Å². The van der Waals surface area contributed by atoms with Gasteiger partial charge in [0.25, 0.3) is 5.91 Å². The Morgan fingerprint density at radius 3 is 2.63 bits per heavy atom. The SMILES string of the molecule is CC1(CN2CCN(C(=O)c3ccncc3)CC2)Cn2cc([N+](=O)[O-])nc2O1. The van der Waals surface area contributed by atoms with Crippen molar-refractivity contribution in [2.75, 3.05) is 32.7 Å². The number of aromatic nitrogens is 3. The molecule has 0 spiro atoms. The number of imidazole rings is 1. The van der Waals surface area contributed by atoms with Gasteiger partial charge in [-0.05, 0) is 24.0 Å². The Morgan fingerprint density at radius 2 is 2.00 bits per heavy atom. The minimum Gasteiger partial charge on any atom is -0.436 e. The van der Waals surface area contributed by atoms with Crippen molar-refractivity contribution in [2.24, 2.45) is 0 Å². The van der Waals surface area contributed by atoms with E-state index in [1.54, 1.807) is 29.1 Å². The van der Waals surface area contributed by atoms with Crippen LogP contribution in [0.1, 0.15) is 17.3 Å². The van der Waals surface area contributed by atoms with E-state index in [0.29, 0.717) is 31.7 Å². The Hall–Kier alpha value is -3.01. The van der Waals surface area contributed by atoms with Gasteiger partial charge in [0, 0.05) is 55.7 Å². The van der Waals surface area contributed by atoms with Crippen molar-refractivity contribution in [1.29, 1.82) is 0 Å². The van der Waals surface area contributed by atoms with Gasteiger partial charge in [0.2, 0.25) is 0 Å². The van der Waals surface area contributed by atoms with Crippen LogP contribution < -0.4 is 4.74 Å². The Bertz CT molecular complexity index is 836. The largest absolute Gasteiger partial charge is 0.436 e. The average molecular weight is 372 g/mol. The molecule has 4 heterocycles. The van der Waals surface area contributed by atoms with Crippen LogP contribution in [0.5, 0.6) is 6.01 Å². The lowest BCUT2D eigenvalue weighted by Crippen LogP contribution is -2.53. The van der Waals surface area contributed by atoms with Crippen LogP contribution in [-0.4, -0.2) is 73.5 Å². The third-order valence-corrected chi connectivity index (χ3v) is 4.90. The van der Waals surface area contributed by atoms with Gasteiger partial charge in [-0.15, -0.1) is 0 Å². The van der Waals surface area contributed by atoms with Crippen LogP contribution in [-0.2, 0) is 6.54 Å². The summed E-state index contributed by atoms with van der Waals surface area (Å²) < 4.78 is 7.57. The molecule has 1 unspecified atom stereocenters. The quantitative estimate of drug-likeness (QED) is 0.577. The van der Waals surface area contributed by atoms with E-state index in [0.717, 1.165) is 13.1 Å². The van der Waals surface area contributed by atoms with Gasteiger partial charge in [0.15, 0.2) is 0 Å². The fourth-order valence-corrected chi connectivity index (χ4v) is 3.62. The van der Waals surface area contributed by atoms with Gasteiger partial charge in [0.05, 0.1) is 6.54 Å². The molecule has 0 saturated carbocycles. The molecule has 2 aromatic rings. The third-order valence-electron chi connectivity index (χ3n) is 4.90. The monoisotopic (exact) mass is 372 g/mol. The van der Waals surface area contributed by atoms with E-state index in [2.05, 4.69) is 14.9 Å². The molecule has 2 aliphatic heterocycles. The van der Waals surface area contributed by atoms with Crippen LogP contribution in [0.4, 0.5) is 5.82 Å². The molecule has 0 bridgehead atoms. The summed E-state index contributed by atoms with van der Waals surface area (Å²) in [6.07, 6.45) is 4.65. The maximum Gasteiger partial charge on any atom is 0.415 e. The molecule has 0 N–H and O–H groups in total. The summed E-state index contributed by atoms with van der Waals surface area (Å²) >= 11 is 0. The van der Waals surface area contributed by atoms with E-state index < -0.39 is 10.5 Å². The summed E-state index contributed by atoms with van der Waals surface area (Å²) in [5.41, 5.74) is 0.158. The van der Waals surface area contributed by atoms with Gasteiger partial charge in [-0.1, -0.05) is 0 Å². The second kappa shape index (κ2) is 6.62. The Labute approximate surface area is 155 Å². The van der Waals surface area contributed by atoms with Crippen molar-refractivity contribution >= 4 is 11.7 Å². The molecule has 10 nitrogen and oxygen atoms in total. The first-order valence-electron chi connectivity index (χ1n) is 8.76. The van der Waals surface area contributed by atoms with E-state index in [4.69, 9.17) is 4.74 Å². The van der Waals surface area contributed by atoms with Gasteiger partial charge in [-0.3, -0.25) is 19.2 Å². The molecule has 2 aromatic heterocycles. The number of piperazine rings is 1. The summed E-state index contributed by atoms with van der Waals surface area (Å²) in [5, 5.41) is 10.8. The zero-order valence-electron chi connectivity index (χ0n) is 14.9. The van der Waals surface area contributed by atoms with E-state index in [9.17, 15) is 14.9 Å². The normalized spacial score (nSPS) is 22.3. The summed E-state index contributed by atoms with van der Waals surface area (Å²) in [5.74, 6) is -0.178. The zero-order chi connectivity index (χ0) is 19.0. The summed E-state index contributed by atoms with van der Waals surface area (Å²) in [4.78, 5) is 34.7. The molecular weight excluding hydrogens is 352 g/mol. The van der Waals surface area contributed by atoms with Crippen molar-refractivity contribution in [1.82, 2.24) is 24.3 Å². The highest BCUT2D eigenvalue weighted by atomic mass is 16.6. The topological polar surface area (TPSA) is 107 Å². The third kappa shape index (κ3) is 3.47. The van der Waals surface area contributed by atoms with Gasteiger partial charge in [-0.25, -0.2) is 0 Å². The van der Waals surface area contributed by atoms with Gasteiger partial charge in [-0.2, -0.15) is 0 Å². The molecule has 1 saturated heterocycles. The van der Waals surface area contributed by atoms with Gasteiger partial charge >= 0.3 is 11.8 Å². The molecule has 10 heteroatoms. The summed E-state index contributed by atoms with van der Waals surface area (Å²) in [7, 11) is 0. The molecule has 1 amide bonds. The predicted octanol–water partition coefficient (Wildman–Crippen LogP) is 0.795. The molecule has 0 aliphatic carbocycles. The molecule has 1 atom stereocenters. The first-order chi connectivity index (χ1) is 12.9. The van der Waals surface area contributed by atoms with Crippen LogP contribution in [0, 0.1) is 10.1 Å². The van der Waals surface area contributed by atoms with E-state index in [-0.39, 0.29) is 17.7 Å². The van der Waals surface area contributed by atoms with Gasteiger partial charge in [0.1, 0.15) is 11.8 Å². The van der Waals surface area contributed by atoms with Crippen LogP contribution in [0.3, 0.4) is 0 Å². The Kier molecular flexibility index (Phi) is 4.27. The highest BCUT2D eigenvalue weighted by Crippen LogP contribution is 2.31. The number of hydrogen-bond acceptors (Lipinski definition) is 7. The molecule has 27 heavy (non-hydrogen) atoms. The lowest BCUT2D eigenvalue weighted by Gasteiger charge is -2.38. The maximum atomic E-state index is 12.5. The van der Waals surface area contributed by atoms with Crippen molar-refractivity contribution in [3.63, 3.8) is 0 Å². The minimum atomic E-state index is -0.523.